The topological polar surface area (TPSA) is 58.1 Å². The normalized spacial score (nSPS) is 10.7. The predicted octanol–water partition coefficient (Wildman–Crippen LogP) is 4.27. The molecule has 0 aliphatic rings. The number of carbonyl (C=O) groups is 1. The summed E-state index contributed by atoms with van der Waals surface area (Å²) in [5.41, 5.74) is 2.43. The Labute approximate surface area is 165 Å². The minimum Gasteiger partial charge on any atom is -0.356 e. The summed E-state index contributed by atoms with van der Waals surface area (Å²) in [5, 5.41) is 14.4. The lowest BCUT2D eigenvalue weighted by molar-refractivity contribution is -0.127. The highest BCUT2D eigenvalue weighted by atomic mass is 32.2. The lowest BCUT2D eigenvalue weighted by Crippen LogP contribution is -2.27. The van der Waals surface area contributed by atoms with Crippen molar-refractivity contribution < 1.29 is 4.79 Å². The molecular formula is C18H20N4OS3. The molecule has 0 aliphatic heterocycles. The van der Waals surface area contributed by atoms with Crippen LogP contribution in [0.15, 0.2) is 46.1 Å². The molecule has 3 aromatic rings. The van der Waals surface area contributed by atoms with E-state index in [9.17, 15) is 4.79 Å². The van der Waals surface area contributed by atoms with Crippen LogP contribution in [0.25, 0.3) is 0 Å². The molecule has 0 spiro atoms. The fourth-order valence-electron chi connectivity index (χ4n) is 2.22. The smallest absolute Gasteiger partial charge is 0.233 e. The van der Waals surface area contributed by atoms with Crippen LogP contribution in [-0.2, 0) is 17.9 Å². The number of anilines is 1. The first kappa shape index (κ1) is 18.9. The number of hydrogen-bond acceptors (Lipinski definition) is 7. The molecule has 1 aromatic carbocycles. The number of thiophene rings is 1. The third-order valence-corrected chi connectivity index (χ3v) is 6.79. The Bertz CT molecular complexity index is 847. The number of hydrogen-bond donors (Lipinski definition) is 1. The number of benzene rings is 1. The molecule has 0 atom stereocenters. The van der Waals surface area contributed by atoms with Crippen LogP contribution in [0, 0.1) is 6.92 Å². The summed E-state index contributed by atoms with van der Waals surface area (Å²) in [4.78, 5) is 15.3. The van der Waals surface area contributed by atoms with E-state index in [1.165, 1.54) is 39.1 Å². The first-order chi connectivity index (χ1) is 12.6. The summed E-state index contributed by atoms with van der Waals surface area (Å²) in [6, 6.07) is 12.2. The average molecular weight is 405 g/mol. The SMILES string of the molecule is Cc1ccsc1CN(C)C(=O)CSc1nnc(NCc2ccccc2)s1. The van der Waals surface area contributed by atoms with Gasteiger partial charge in [-0.25, -0.2) is 0 Å². The van der Waals surface area contributed by atoms with Crippen LogP contribution in [0.5, 0.6) is 0 Å². The fraction of sp³-hybridized carbons (Fsp3) is 0.278. The minimum atomic E-state index is 0.0943. The van der Waals surface area contributed by atoms with Crippen molar-refractivity contribution in [2.75, 3.05) is 18.1 Å². The number of nitrogens with one attached hydrogen (secondary N) is 1. The van der Waals surface area contributed by atoms with E-state index in [0.29, 0.717) is 18.8 Å². The molecule has 0 bridgehead atoms. The van der Waals surface area contributed by atoms with E-state index < -0.39 is 0 Å². The molecule has 3 rings (SSSR count). The number of nitrogens with zero attached hydrogens (tertiary/aromatic N) is 3. The highest BCUT2D eigenvalue weighted by Gasteiger charge is 2.13. The summed E-state index contributed by atoms with van der Waals surface area (Å²) in [6.07, 6.45) is 0. The van der Waals surface area contributed by atoms with Crippen LogP contribution < -0.4 is 5.32 Å². The van der Waals surface area contributed by atoms with E-state index in [-0.39, 0.29) is 5.91 Å². The van der Waals surface area contributed by atoms with Crippen molar-refractivity contribution in [2.24, 2.45) is 0 Å². The number of aryl methyl sites for hydroxylation is 1. The van der Waals surface area contributed by atoms with Gasteiger partial charge in [-0.05, 0) is 29.5 Å². The van der Waals surface area contributed by atoms with Gasteiger partial charge in [-0.15, -0.1) is 21.5 Å². The molecule has 136 valence electrons. The summed E-state index contributed by atoms with van der Waals surface area (Å²) in [5.74, 6) is 0.464. The van der Waals surface area contributed by atoms with Gasteiger partial charge in [0.15, 0.2) is 4.34 Å². The molecule has 0 saturated heterocycles. The van der Waals surface area contributed by atoms with Gasteiger partial charge in [0.2, 0.25) is 11.0 Å². The standard InChI is InChI=1S/C18H20N4OS3/c1-13-8-9-24-15(13)11-22(2)16(23)12-25-18-21-20-17(26-18)19-10-14-6-4-3-5-7-14/h3-9H,10-12H2,1-2H3,(H,19,20). The van der Waals surface area contributed by atoms with Crippen LogP contribution in [0.1, 0.15) is 16.0 Å². The molecule has 8 heteroatoms. The molecule has 5 nitrogen and oxygen atoms in total. The maximum absolute atomic E-state index is 12.3. The van der Waals surface area contributed by atoms with Crippen molar-refractivity contribution in [3.8, 4) is 0 Å². The molecule has 1 N–H and O–H groups in total. The molecule has 2 aromatic heterocycles. The molecule has 0 unspecified atom stereocenters. The third kappa shape index (κ3) is 5.30. The molecule has 26 heavy (non-hydrogen) atoms. The summed E-state index contributed by atoms with van der Waals surface area (Å²) >= 11 is 4.60. The second kappa shape index (κ2) is 9.16. The number of amides is 1. The Kier molecular flexibility index (Phi) is 6.65. The van der Waals surface area contributed by atoms with E-state index in [1.807, 2.05) is 25.2 Å². The fourth-order valence-corrected chi connectivity index (χ4v) is 4.86. The second-order valence-corrected chi connectivity index (χ2v) is 8.98. The van der Waals surface area contributed by atoms with Crippen molar-refractivity contribution in [3.05, 3.63) is 57.8 Å². The zero-order chi connectivity index (χ0) is 18.4. The van der Waals surface area contributed by atoms with E-state index >= 15 is 0 Å². The van der Waals surface area contributed by atoms with Gasteiger partial charge >= 0.3 is 0 Å². The van der Waals surface area contributed by atoms with Crippen LogP contribution in [-0.4, -0.2) is 33.8 Å². The van der Waals surface area contributed by atoms with Gasteiger partial charge in [0, 0.05) is 18.5 Å². The highest BCUT2D eigenvalue weighted by molar-refractivity contribution is 8.01. The first-order valence-corrected chi connectivity index (χ1v) is 10.8. The van der Waals surface area contributed by atoms with Gasteiger partial charge < -0.3 is 10.2 Å². The lowest BCUT2D eigenvalue weighted by Gasteiger charge is -2.16. The molecule has 0 saturated carbocycles. The maximum Gasteiger partial charge on any atom is 0.233 e. The minimum absolute atomic E-state index is 0.0943. The maximum atomic E-state index is 12.3. The average Bonchev–Trinajstić information content (AvgIpc) is 3.28. The number of carbonyl (C=O) groups excluding carboxylic acids is 1. The Balaban J connectivity index is 1.45. The second-order valence-electron chi connectivity index (χ2n) is 5.78. The van der Waals surface area contributed by atoms with Crippen LogP contribution in [0.3, 0.4) is 0 Å². The van der Waals surface area contributed by atoms with Gasteiger partial charge in [-0.2, -0.15) is 0 Å². The quantitative estimate of drug-likeness (QED) is 0.568. The number of rotatable bonds is 8. The van der Waals surface area contributed by atoms with Crippen LogP contribution in [0.4, 0.5) is 5.13 Å². The predicted molar refractivity (Wildman–Crippen MR) is 110 cm³/mol. The van der Waals surface area contributed by atoms with E-state index in [4.69, 9.17) is 0 Å². The summed E-state index contributed by atoms with van der Waals surface area (Å²) in [6.45, 7) is 3.44. The third-order valence-electron chi connectivity index (χ3n) is 3.79. The lowest BCUT2D eigenvalue weighted by atomic mass is 10.2. The van der Waals surface area contributed by atoms with Gasteiger partial charge in [0.1, 0.15) is 0 Å². The Morgan fingerprint density at radius 1 is 1.23 bits per heavy atom. The Morgan fingerprint density at radius 2 is 2.04 bits per heavy atom. The molecule has 2 heterocycles. The Morgan fingerprint density at radius 3 is 2.77 bits per heavy atom. The zero-order valence-electron chi connectivity index (χ0n) is 14.6. The van der Waals surface area contributed by atoms with Gasteiger partial charge in [-0.1, -0.05) is 53.4 Å². The van der Waals surface area contributed by atoms with E-state index in [1.54, 1.807) is 16.2 Å². The van der Waals surface area contributed by atoms with Gasteiger partial charge in [0.25, 0.3) is 0 Å². The van der Waals surface area contributed by atoms with E-state index in [0.717, 1.165) is 9.47 Å². The van der Waals surface area contributed by atoms with Crippen molar-refractivity contribution in [1.29, 1.82) is 0 Å². The first-order valence-electron chi connectivity index (χ1n) is 8.13. The van der Waals surface area contributed by atoms with E-state index in [2.05, 4.69) is 46.0 Å². The van der Waals surface area contributed by atoms with Crippen molar-refractivity contribution in [3.63, 3.8) is 0 Å². The van der Waals surface area contributed by atoms with Crippen LogP contribution >= 0.6 is 34.4 Å². The number of thioether (sulfide) groups is 1. The van der Waals surface area contributed by atoms with Crippen molar-refractivity contribution in [2.45, 2.75) is 24.4 Å². The monoisotopic (exact) mass is 404 g/mol. The zero-order valence-corrected chi connectivity index (χ0v) is 17.1. The summed E-state index contributed by atoms with van der Waals surface area (Å²) in [7, 11) is 1.84. The molecular weight excluding hydrogens is 384 g/mol. The molecule has 0 fully saturated rings. The van der Waals surface area contributed by atoms with Crippen molar-refractivity contribution >= 4 is 45.5 Å². The van der Waals surface area contributed by atoms with Gasteiger partial charge in [0.05, 0.1) is 12.3 Å². The largest absolute Gasteiger partial charge is 0.356 e. The van der Waals surface area contributed by atoms with Gasteiger partial charge in [-0.3, -0.25) is 4.79 Å². The molecule has 0 aliphatic carbocycles. The van der Waals surface area contributed by atoms with Crippen molar-refractivity contribution in [1.82, 2.24) is 15.1 Å². The Hall–Kier alpha value is -1.90. The molecule has 1 amide bonds. The highest BCUT2D eigenvalue weighted by Crippen LogP contribution is 2.26. The summed E-state index contributed by atoms with van der Waals surface area (Å²) < 4.78 is 0.801. The number of aromatic nitrogens is 2. The van der Waals surface area contributed by atoms with Crippen LogP contribution in [0.2, 0.25) is 0 Å². The molecule has 0 radical (unpaired) electrons.